The minimum absolute atomic E-state index is 0.336. The lowest BCUT2D eigenvalue weighted by Crippen LogP contribution is -2.25. The van der Waals surface area contributed by atoms with Crippen molar-refractivity contribution in [3.05, 3.63) is 12.4 Å². The predicted molar refractivity (Wildman–Crippen MR) is 69.7 cm³/mol. The highest BCUT2D eigenvalue weighted by Crippen LogP contribution is 2.25. The maximum Gasteiger partial charge on any atom is 0.203 e. The third kappa shape index (κ3) is 3.26. The molecule has 0 amide bonds. The fourth-order valence-electron chi connectivity index (χ4n) is 1.42. The van der Waals surface area contributed by atoms with Gasteiger partial charge in [-0.15, -0.1) is 0 Å². The van der Waals surface area contributed by atoms with Crippen LogP contribution in [0.5, 0.6) is 0 Å². The summed E-state index contributed by atoms with van der Waals surface area (Å²) >= 11 is 0. The highest BCUT2D eigenvalue weighted by molar-refractivity contribution is 5.26. The average Bonchev–Trinajstić information content (AvgIpc) is 2.60. The summed E-state index contributed by atoms with van der Waals surface area (Å²) in [6, 6.07) is 0.454. The van der Waals surface area contributed by atoms with Crippen molar-refractivity contribution in [1.82, 2.24) is 9.55 Å². The standard InChI is InChI=1S/C13H25N3/c1-10(2)16-8-7-14-12(16)15-9-11(3)13(4,5)6/h7-8,10-11H,9H2,1-6H3,(H,14,15). The van der Waals surface area contributed by atoms with E-state index in [4.69, 9.17) is 0 Å². The molecule has 0 aliphatic carbocycles. The third-order valence-electron chi connectivity index (χ3n) is 3.27. The van der Waals surface area contributed by atoms with E-state index in [1.807, 2.05) is 12.4 Å². The van der Waals surface area contributed by atoms with E-state index in [1.54, 1.807) is 0 Å². The van der Waals surface area contributed by atoms with Crippen LogP contribution in [0.4, 0.5) is 5.95 Å². The van der Waals surface area contributed by atoms with E-state index in [1.165, 1.54) is 0 Å². The molecule has 3 nitrogen and oxygen atoms in total. The maximum absolute atomic E-state index is 4.34. The summed E-state index contributed by atoms with van der Waals surface area (Å²) in [5.41, 5.74) is 0.336. The van der Waals surface area contributed by atoms with E-state index in [2.05, 4.69) is 56.4 Å². The van der Waals surface area contributed by atoms with Crippen LogP contribution in [0.1, 0.15) is 47.6 Å². The number of aromatic nitrogens is 2. The van der Waals surface area contributed by atoms with Crippen LogP contribution in [0.15, 0.2) is 12.4 Å². The molecule has 1 aromatic heterocycles. The zero-order valence-electron chi connectivity index (χ0n) is 11.4. The molecular weight excluding hydrogens is 198 g/mol. The van der Waals surface area contributed by atoms with Crippen molar-refractivity contribution in [3.8, 4) is 0 Å². The Morgan fingerprint density at radius 3 is 2.44 bits per heavy atom. The highest BCUT2D eigenvalue weighted by atomic mass is 15.2. The molecule has 1 N–H and O–H groups in total. The van der Waals surface area contributed by atoms with E-state index in [0.717, 1.165) is 12.5 Å². The van der Waals surface area contributed by atoms with Gasteiger partial charge in [0.25, 0.3) is 0 Å². The van der Waals surface area contributed by atoms with Gasteiger partial charge in [-0.1, -0.05) is 27.7 Å². The van der Waals surface area contributed by atoms with Crippen molar-refractivity contribution < 1.29 is 0 Å². The van der Waals surface area contributed by atoms with Crippen molar-refractivity contribution in [2.45, 2.75) is 47.6 Å². The largest absolute Gasteiger partial charge is 0.355 e. The summed E-state index contributed by atoms with van der Waals surface area (Å²) in [4.78, 5) is 4.34. The fraction of sp³-hybridized carbons (Fsp3) is 0.769. The predicted octanol–water partition coefficient (Wildman–Crippen LogP) is 3.56. The lowest BCUT2D eigenvalue weighted by atomic mass is 9.82. The summed E-state index contributed by atoms with van der Waals surface area (Å²) in [5.74, 6) is 1.59. The molecule has 0 saturated carbocycles. The number of anilines is 1. The van der Waals surface area contributed by atoms with Crippen molar-refractivity contribution in [1.29, 1.82) is 0 Å². The molecule has 1 aromatic rings. The monoisotopic (exact) mass is 223 g/mol. The van der Waals surface area contributed by atoms with Crippen LogP contribution in [0.3, 0.4) is 0 Å². The minimum atomic E-state index is 0.336. The minimum Gasteiger partial charge on any atom is -0.355 e. The molecule has 1 atom stereocenters. The Kier molecular flexibility index (Phi) is 4.00. The second kappa shape index (κ2) is 4.89. The van der Waals surface area contributed by atoms with Gasteiger partial charge in [0.05, 0.1) is 0 Å². The molecule has 0 spiro atoms. The Labute approximate surface area is 99.3 Å². The number of imidazole rings is 1. The first-order chi connectivity index (χ1) is 7.32. The lowest BCUT2D eigenvalue weighted by Gasteiger charge is -2.27. The van der Waals surface area contributed by atoms with Gasteiger partial charge in [-0.3, -0.25) is 0 Å². The van der Waals surface area contributed by atoms with Gasteiger partial charge in [-0.25, -0.2) is 4.98 Å². The molecule has 0 aromatic carbocycles. The van der Waals surface area contributed by atoms with Gasteiger partial charge in [0, 0.05) is 25.0 Å². The summed E-state index contributed by atoms with van der Waals surface area (Å²) < 4.78 is 2.16. The lowest BCUT2D eigenvalue weighted by molar-refractivity contribution is 0.274. The zero-order chi connectivity index (χ0) is 12.3. The Bertz CT molecular complexity index is 320. The molecule has 1 heterocycles. The van der Waals surface area contributed by atoms with Gasteiger partial charge < -0.3 is 9.88 Å². The molecule has 0 aliphatic rings. The van der Waals surface area contributed by atoms with E-state index in [0.29, 0.717) is 17.4 Å². The summed E-state index contributed by atoms with van der Waals surface area (Å²) in [6.45, 7) is 14.4. The number of rotatable bonds is 4. The summed E-state index contributed by atoms with van der Waals surface area (Å²) in [6.07, 6.45) is 3.87. The van der Waals surface area contributed by atoms with Crippen LogP contribution >= 0.6 is 0 Å². The Balaban J connectivity index is 2.58. The molecule has 3 heteroatoms. The Hall–Kier alpha value is -0.990. The van der Waals surface area contributed by atoms with Gasteiger partial charge >= 0.3 is 0 Å². The summed E-state index contributed by atoms with van der Waals surface area (Å²) in [7, 11) is 0. The van der Waals surface area contributed by atoms with Crippen LogP contribution in [0.25, 0.3) is 0 Å². The first-order valence-electron chi connectivity index (χ1n) is 6.09. The number of hydrogen-bond donors (Lipinski definition) is 1. The molecular formula is C13H25N3. The number of nitrogens with one attached hydrogen (secondary N) is 1. The molecule has 1 rings (SSSR count). The van der Waals surface area contributed by atoms with Gasteiger partial charge in [0.1, 0.15) is 0 Å². The third-order valence-corrected chi connectivity index (χ3v) is 3.27. The van der Waals surface area contributed by atoms with Crippen molar-refractivity contribution in [3.63, 3.8) is 0 Å². The van der Waals surface area contributed by atoms with Crippen molar-refractivity contribution in [2.24, 2.45) is 11.3 Å². The molecule has 0 aliphatic heterocycles. The van der Waals surface area contributed by atoms with E-state index < -0.39 is 0 Å². The molecule has 0 saturated heterocycles. The van der Waals surface area contributed by atoms with E-state index in [9.17, 15) is 0 Å². The topological polar surface area (TPSA) is 29.9 Å². The van der Waals surface area contributed by atoms with Crippen LogP contribution < -0.4 is 5.32 Å². The van der Waals surface area contributed by atoms with Gasteiger partial charge in [-0.05, 0) is 25.2 Å². The molecule has 16 heavy (non-hydrogen) atoms. The molecule has 1 unspecified atom stereocenters. The fourth-order valence-corrected chi connectivity index (χ4v) is 1.42. The van der Waals surface area contributed by atoms with E-state index >= 15 is 0 Å². The smallest absolute Gasteiger partial charge is 0.203 e. The van der Waals surface area contributed by atoms with E-state index in [-0.39, 0.29) is 0 Å². The first-order valence-corrected chi connectivity index (χ1v) is 6.09. The van der Waals surface area contributed by atoms with Crippen LogP contribution in [0, 0.1) is 11.3 Å². The normalized spacial score (nSPS) is 14.2. The Morgan fingerprint density at radius 2 is 1.94 bits per heavy atom. The van der Waals surface area contributed by atoms with Crippen LogP contribution in [0.2, 0.25) is 0 Å². The summed E-state index contributed by atoms with van der Waals surface area (Å²) in [5, 5.41) is 3.43. The quantitative estimate of drug-likeness (QED) is 0.846. The van der Waals surface area contributed by atoms with Gasteiger partial charge in [0.2, 0.25) is 5.95 Å². The highest BCUT2D eigenvalue weighted by Gasteiger charge is 2.20. The van der Waals surface area contributed by atoms with Crippen LogP contribution in [-0.2, 0) is 0 Å². The first kappa shape index (κ1) is 13.1. The van der Waals surface area contributed by atoms with Gasteiger partial charge in [-0.2, -0.15) is 0 Å². The number of nitrogens with zero attached hydrogens (tertiary/aromatic N) is 2. The molecule has 0 bridgehead atoms. The molecule has 0 radical (unpaired) electrons. The SMILES string of the molecule is CC(C)n1ccnc1NCC(C)C(C)(C)C. The van der Waals surface area contributed by atoms with Crippen molar-refractivity contribution in [2.75, 3.05) is 11.9 Å². The van der Waals surface area contributed by atoms with Crippen LogP contribution in [-0.4, -0.2) is 16.1 Å². The number of hydrogen-bond acceptors (Lipinski definition) is 2. The molecule has 92 valence electrons. The Morgan fingerprint density at radius 1 is 1.31 bits per heavy atom. The maximum atomic E-state index is 4.34. The van der Waals surface area contributed by atoms with Gasteiger partial charge in [0.15, 0.2) is 0 Å². The second-order valence-corrected chi connectivity index (χ2v) is 5.90. The zero-order valence-corrected chi connectivity index (χ0v) is 11.4. The van der Waals surface area contributed by atoms with Crippen molar-refractivity contribution >= 4 is 5.95 Å². The molecule has 0 fully saturated rings. The second-order valence-electron chi connectivity index (χ2n) is 5.90. The average molecular weight is 223 g/mol.